The summed E-state index contributed by atoms with van der Waals surface area (Å²) in [5.74, 6) is 0.338. The summed E-state index contributed by atoms with van der Waals surface area (Å²) in [5.41, 5.74) is 1.36. The second-order valence-corrected chi connectivity index (χ2v) is 8.53. The third kappa shape index (κ3) is 3.76. The number of amides is 2. The molecule has 0 saturated heterocycles. The highest BCUT2D eigenvalue weighted by molar-refractivity contribution is 9.10. The van der Waals surface area contributed by atoms with Crippen LogP contribution in [0.15, 0.2) is 22.7 Å². The zero-order valence-corrected chi connectivity index (χ0v) is 17.4. The number of halogens is 2. The average Bonchev–Trinajstić information content (AvgIpc) is 2.92. The van der Waals surface area contributed by atoms with Crippen LogP contribution < -0.4 is 5.32 Å². The van der Waals surface area contributed by atoms with E-state index in [9.17, 15) is 9.59 Å². The van der Waals surface area contributed by atoms with E-state index in [1.54, 1.807) is 25.1 Å². The fourth-order valence-corrected chi connectivity index (χ4v) is 4.51. The number of nitrogens with zero attached hydrogens (tertiary/aromatic N) is 1. The standard InChI is InChI=1S/C19H23BrClN3O2/c1-10-8-11(19(26)24(2)3)4-6-14(10)23-18(25)17-16(20)13-9-12(21)5-7-15(13)22-17/h5,7,9-11,14,22H,4,6,8H2,1-3H3,(H,23,25)/t10-,11+,14+/m1/s1. The molecule has 3 rings (SSSR count). The van der Waals surface area contributed by atoms with Crippen LogP contribution in [0.25, 0.3) is 10.9 Å². The number of hydrogen-bond acceptors (Lipinski definition) is 2. The molecule has 2 amide bonds. The molecule has 2 aromatic rings. The predicted octanol–water partition coefficient (Wildman–Crippen LogP) is 4.21. The molecule has 140 valence electrons. The van der Waals surface area contributed by atoms with Crippen LogP contribution in [0.5, 0.6) is 0 Å². The maximum Gasteiger partial charge on any atom is 0.269 e. The van der Waals surface area contributed by atoms with E-state index in [0.717, 1.165) is 34.6 Å². The van der Waals surface area contributed by atoms with Gasteiger partial charge in [-0.25, -0.2) is 0 Å². The normalized spacial score (nSPS) is 23.0. The van der Waals surface area contributed by atoms with Crippen LogP contribution in [0.3, 0.4) is 0 Å². The first-order valence-corrected chi connectivity index (χ1v) is 9.93. The summed E-state index contributed by atoms with van der Waals surface area (Å²) in [7, 11) is 3.58. The molecule has 1 aliphatic carbocycles. The van der Waals surface area contributed by atoms with E-state index in [4.69, 9.17) is 11.6 Å². The molecular formula is C19H23BrClN3O2. The smallest absolute Gasteiger partial charge is 0.269 e. The molecule has 1 heterocycles. The highest BCUT2D eigenvalue weighted by Crippen LogP contribution is 2.32. The van der Waals surface area contributed by atoms with Gasteiger partial charge in [-0.05, 0) is 59.3 Å². The van der Waals surface area contributed by atoms with E-state index in [0.29, 0.717) is 10.7 Å². The number of benzene rings is 1. The van der Waals surface area contributed by atoms with Gasteiger partial charge in [0.15, 0.2) is 0 Å². The van der Waals surface area contributed by atoms with Gasteiger partial charge < -0.3 is 15.2 Å². The van der Waals surface area contributed by atoms with Crippen molar-refractivity contribution in [3.05, 3.63) is 33.4 Å². The Morgan fingerprint density at radius 3 is 2.69 bits per heavy atom. The molecule has 1 saturated carbocycles. The zero-order chi connectivity index (χ0) is 19.0. The number of aromatic nitrogens is 1. The van der Waals surface area contributed by atoms with Crippen molar-refractivity contribution in [3.8, 4) is 0 Å². The van der Waals surface area contributed by atoms with E-state index in [-0.39, 0.29) is 29.7 Å². The second kappa shape index (κ2) is 7.61. The quantitative estimate of drug-likeness (QED) is 0.751. The molecule has 1 aliphatic rings. The lowest BCUT2D eigenvalue weighted by Crippen LogP contribution is -2.45. The number of carbonyl (C=O) groups excluding carboxylic acids is 2. The van der Waals surface area contributed by atoms with Crippen LogP contribution in [0.4, 0.5) is 0 Å². The predicted molar refractivity (Wildman–Crippen MR) is 107 cm³/mol. The topological polar surface area (TPSA) is 65.2 Å². The fraction of sp³-hybridized carbons (Fsp3) is 0.474. The molecule has 1 fully saturated rings. The molecule has 0 unspecified atom stereocenters. The number of aromatic amines is 1. The summed E-state index contributed by atoms with van der Waals surface area (Å²) in [6.45, 7) is 2.10. The van der Waals surface area contributed by atoms with E-state index >= 15 is 0 Å². The van der Waals surface area contributed by atoms with Crippen molar-refractivity contribution in [3.63, 3.8) is 0 Å². The Morgan fingerprint density at radius 2 is 2.04 bits per heavy atom. The molecule has 5 nitrogen and oxygen atoms in total. The third-order valence-electron chi connectivity index (χ3n) is 5.20. The number of nitrogens with one attached hydrogen (secondary N) is 2. The maximum absolute atomic E-state index is 12.8. The molecule has 2 N–H and O–H groups in total. The Bertz CT molecular complexity index is 849. The van der Waals surface area contributed by atoms with Crippen molar-refractivity contribution < 1.29 is 9.59 Å². The molecular weight excluding hydrogens is 418 g/mol. The van der Waals surface area contributed by atoms with Gasteiger partial charge in [-0.3, -0.25) is 9.59 Å². The Labute approximate surface area is 166 Å². The third-order valence-corrected chi connectivity index (χ3v) is 6.26. The van der Waals surface area contributed by atoms with Gasteiger partial charge in [-0.15, -0.1) is 0 Å². The fourth-order valence-electron chi connectivity index (χ4n) is 3.73. The Kier molecular flexibility index (Phi) is 5.63. The van der Waals surface area contributed by atoms with Crippen molar-refractivity contribution in [2.24, 2.45) is 11.8 Å². The first-order chi connectivity index (χ1) is 12.3. The lowest BCUT2D eigenvalue weighted by Gasteiger charge is -2.34. The summed E-state index contributed by atoms with van der Waals surface area (Å²) in [6.07, 6.45) is 2.40. The maximum atomic E-state index is 12.8. The van der Waals surface area contributed by atoms with Gasteiger partial charge in [0.2, 0.25) is 5.91 Å². The van der Waals surface area contributed by atoms with Gasteiger partial charge >= 0.3 is 0 Å². The van der Waals surface area contributed by atoms with E-state index in [2.05, 4.69) is 33.2 Å². The highest BCUT2D eigenvalue weighted by atomic mass is 79.9. The molecule has 1 aromatic heterocycles. The first-order valence-electron chi connectivity index (χ1n) is 8.76. The number of H-pyrrole nitrogens is 1. The summed E-state index contributed by atoms with van der Waals surface area (Å²) in [4.78, 5) is 29.8. The van der Waals surface area contributed by atoms with Crippen LogP contribution in [-0.4, -0.2) is 41.8 Å². The van der Waals surface area contributed by atoms with Crippen LogP contribution >= 0.6 is 27.5 Å². The summed E-state index contributed by atoms with van der Waals surface area (Å²) < 4.78 is 0.719. The molecule has 26 heavy (non-hydrogen) atoms. The van der Waals surface area contributed by atoms with Crippen molar-refractivity contribution in [2.45, 2.75) is 32.2 Å². The van der Waals surface area contributed by atoms with Gasteiger partial charge in [-0.2, -0.15) is 0 Å². The van der Waals surface area contributed by atoms with Crippen molar-refractivity contribution in [1.29, 1.82) is 0 Å². The SMILES string of the molecule is C[C@@H]1C[C@@H](C(=O)N(C)C)CC[C@@H]1NC(=O)c1[nH]c2ccc(Cl)cc2c1Br. The van der Waals surface area contributed by atoms with Gasteiger partial charge in [0.25, 0.3) is 5.91 Å². The minimum atomic E-state index is -0.140. The number of rotatable bonds is 3. The van der Waals surface area contributed by atoms with E-state index in [1.807, 2.05) is 12.1 Å². The van der Waals surface area contributed by atoms with Gasteiger partial charge in [0, 0.05) is 42.0 Å². The minimum Gasteiger partial charge on any atom is -0.350 e. The average molecular weight is 441 g/mol. The summed E-state index contributed by atoms with van der Waals surface area (Å²) in [6, 6.07) is 5.55. The second-order valence-electron chi connectivity index (χ2n) is 7.30. The zero-order valence-electron chi connectivity index (χ0n) is 15.1. The molecule has 0 aliphatic heterocycles. The molecule has 1 aromatic carbocycles. The van der Waals surface area contributed by atoms with Crippen LogP contribution in [0, 0.1) is 11.8 Å². The molecule has 0 radical (unpaired) electrons. The Balaban J connectivity index is 1.71. The van der Waals surface area contributed by atoms with Gasteiger partial charge in [0.1, 0.15) is 5.69 Å². The summed E-state index contributed by atoms with van der Waals surface area (Å²) >= 11 is 9.56. The molecule has 0 bridgehead atoms. The lowest BCUT2D eigenvalue weighted by atomic mass is 9.78. The summed E-state index contributed by atoms with van der Waals surface area (Å²) in [5, 5.41) is 4.64. The number of fused-ring (bicyclic) bond motifs is 1. The highest BCUT2D eigenvalue weighted by Gasteiger charge is 2.33. The van der Waals surface area contributed by atoms with Crippen LogP contribution in [0.2, 0.25) is 5.02 Å². The molecule has 0 spiro atoms. The largest absolute Gasteiger partial charge is 0.350 e. The number of carbonyl (C=O) groups is 2. The van der Waals surface area contributed by atoms with Crippen molar-refractivity contribution in [1.82, 2.24) is 15.2 Å². The molecule has 3 atom stereocenters. The lowest BCUT2D eigenvalue weighted by molar-refractivity contribution is -0.134. The Morgan fingerprint density at radius 1 is 1.31 bits per heavy atom. The van der Waals surface area contributed by atoms with Crippen molar-refractivity contribution >= 4 is 50.2 Å². The van der Waals surface area contributed by atoms with Crippen molar-refractivity contribution in [2.75, 3.05) is 14.1 Å². The van der Waals surface area contributed by atoms with Gasteiger partial charge in [0.05, 0.1) is 4.47 Å². The van der Waals surface area contributed by atoms with E-state index < -0.39 is 0 Å². The monoisotopic (exact) mass is 439 g/mol. The van der Waals surface area contributed by atoms with Gasteiger partial charge in [-0.1, -0.05) is 18.5 Å². The number of hydrogen-bond donors (Lipinski definition) is 2. The first kappa shape index (κ1) is 19.2. The van der Waals surface area contributed by atoms with Crippen LogP contribution in [0.1, 0.15) is 36.7 Å². The Hall–Kier alpha value is -1.53. The molecule has 7 heteroatoms. The van der Waals surface area contributed by atoms with Crippen LogP contribution in [-0.2, 0) is 4.79 Å². The minimum absolute atomic E-state index is 0.0510. The van der Waals surface area contributed by atoms with E-state index in [1.165, 1.54) is 0 Å².